The number of carbonyl (C=O) groups excluding carboxylic acids is 1. The number of aryl methyl sites for hydroxylation is 1. The molecule has 6 nitrogen and oxygen atoms in total. The van der Waals surface area contributed by atoms with E-state index in [4.69, 9.17) is 0 Å². The van der Waals surface area contributed by atoms with Gasteiger partial charge in [0.15, 0.2) is 0 Å². The monoisotopic (exact) mass is 409 g/mol. The third-order valence-corrected chi connectivity index (χ3v) is 5.74. The largest absolute Gasteiger partial charge is 0.388 e. The molecule has 0 radical (unpaired) electrons. The van der Waals surface area contributed by atoms with E-state index in [1.165, 1.54) is 0 Å². The van der Waals surface area contributed by atoms with Gasteiger partial charge in [0.25, 0.3) is 0 Å². The van der Waals surface area contributed by atoms with Crippen molar-refractivity contribution >= 4 is 28.3 Å². The minimum atomic E-state index is -0.0832. The fourth-order valence-electron chi connectivity index (χ4n) is 4.18. The zero-order valence-electron chi connectivity index (χ0n) is 17.5. The highest BCUT2D eigenvalue weighted by Crippen LogP contribution is 2.40. The van der Waals surface area contributed by atoms with Crippen LogP contribution in [-0.4, -0.2) is 27.9 Å². The number of nitrogens with zero attached hydrogens (tertiary/aromatic N) is 4. The van der Waals surface area contributed by atoms with Gasteiger partial charge in [-0.1, -0.05) is 24.8 Å². The molecule has 1 aromatic heterocycles. The predicted molar refractivity (Wildman–Crippen MR) is 124 cm³/mol. The summed E-state index contributed by atoms with van der Waals surface area (Å²) in [5, 5.41) is 12.3. The van der Waals surface area contributed by atoms with Crippen LogP contribution in [0, 0.1) is 6.92 Å². The molecule has 0 spiro atoms. The van der Waals surface area contributed by atoms with Crippen LogP contribution in [0.25, 0.3) is 16.7 Å². The molecule has 1 N–H and O–H groups in total. The van der Waals surface area contributed by atoms with E-state index >= 15 is 0 Å². The molecule has 5 rings (SSSR count). The van der Waals surface area contributed by atoms with Gasteiger partial charge in [-0.2, -0.15) is 4.80 Å². The third kappa shape index (κ3) is 3.36. The van der Waals surface area contributed by atoms with Gasteiger partial charge in [-0.05, 0) is 66.6 Å². The Kier molecular flexibility index (Phi) is 4.55. The van der Waals surface area contributed by atoms with E-state index in [1.807, 2.05) is 62.5 Å². The number of rotatable bonds is 4. The van der Waals surface area contributed by atoms with Crippen molar-refractivity contribution < 1.29 is 4.79 Å². The molecule has 1 unspecified atom stereocenters. The van der Waals surface area contributed by atoms with Crippen LogP contribution in [0.4, 0.5) is 11.4 Å². The van der Waals surface area contributed by atoms with Crippen LogP contribution in [0.15, 0.2) is 79.0 Å². The molecule has 1 fully saturated rings. The molecule has 2 heterocycles. The first-order valence-electron chi connectivity index (χ1n) is 10.3. The molecule has 6 heteroatoms. The standard InChI is InChI=1S/C25H23N5O/c1-16-12-18(14-21(13-16)30-27-23-6-4-5-7-24(23)28-30)22-15-25(31)29(17(22)2)20-10-8-19(26-3)9-11-20/h4-14,22,26H,2,15H2,1,3H3. The van der Waals surface area contributed by atoms with E-state index in [9.17, 15) is 4.79 Å². The van der Waals surface area contributed by atoms with Crippen molar-refractivity contribution in [2.75, 3.05) is 17.3 Å². The maximum Gasteiger partial charge on any atom is 0.232 e. The molecule has 1 aliphatic rings. The Morgan fingerprint density at radius 2 is 1.65 bits per heavy atom. The van der Waals surface area contributed by atoms with Gasteiger partial charge in [0.2, 0.25) is 5.91 Å². The van der Waals surface area contributed by atoms with Gasteiger partial charge in [0.05, 0.1) is 5.69 Å². The summed E-state index contributed by atoms with van der Waals surface area (Å²) in [6, 6.07) is 21.8. The van der Waals surface area contributed by atoms with E-state index in [2.05, 4.69) is 40.3 Å². The normalized spacial score (nSPS) is 16.3. The second-order valence-corrected chi connectivity index (χ2v) is 7.85. The molecule has 0 bridgehead atoms. The molecule has 1 atom stereocenters. The minimum absolute atomic E-state index is 0.0539. The van der Waals surface area contributed by atoms with Crippen molar-refractivity contribution in [2.24, 2.45) is 0 Å². The number of anilines is 2. The molecule has 0 aliphatic carbocycles. The number of fused-ring (bicyclic) bond motifs is 1. The molecule has 1 saturated heterocycles. The first-order chi connectivity index (χ1) is 15.0. The average molecular weight is 409 g/mol. The zero-order valence-corrected chi connectivity index (χ0v) is 17.5. The number of allylic oxidation sites excluding steroid dienone is 1. The maximum absolute atomic E-state index is 12.9. The van der Waals surface area contributed by atoms with Crippen LogP contribution in [-0.2, 0) is 4.79 Å². The molecule has 1 aliphatic heterocycles. The lowest BCUT2D eigenvalue weighted by Crippen LogP contribution is -2.22. The van der Waals surface area contributed by atoms with Crippen LogP contribution in [0.5, 0.6) is 0 Å². The van der Waals surface area contributed by atoms with Gasteiger partial charge >= 0.3 is 0 Å². The molecular formula is C25H23N5O. The lowest BCUT2D eigenvalue weighted by Gasteiger charge is -2.20. The molecule has 3 aromatic carbocycles. The second-order valence-electron chi connectivity index (χ2n) is 7.85. The number of carbonyl (C=O) groups is 1. The highest BCUT2D eigenvalue weighted by Gasteiger charge is 2.35. The molecule has 0 saturated carbocycles. The van der Waals surface area contributed by atoms with Crippen LogP contribution in [0.2, 0.25) is 0 Å². The van der Waals surface area contributed by atoms with Crippen molar-refractivity contribution in [3.63, 3.8) is 0 Å². The summed E-state index contributed by atoms with van der Waals surface area (Å²) in [6.45, 7) is 6.33. The number of hydrogen-bond donors (Lipinski definition) is 1. The summed E-state index contributed by atoms with van der Waals surface area (Å²) < 4.78 is 0. The molecule has 4 aromatic rings. The van der Waals surface area contributed by atoms with Crippen LogP contribution in [0.1, 0.15) is 23.5 Å². The Balaban J connectivity index is 1.50. The fourth-order valence-corrected chi connectivity index (χ4v) is 4.18. The minimum Gasteiger partial charge on any atom is -0.388 e. The van der Waals surface area contributed by atoms with E-state index in [0.717, 1.165) is 44.9 Å². The lowest BCUT2D eigenvalue weighted by atomic mass is 9.94. The summed E-state index contributed by atoms with van der Waals surface area (Å²) in [5.41, 5.74) is 7.34. The average Bonchev–Trinajstić information content (AvgIpc) is 3.34. The topological polar surface area (TPSA) is 63.1 Å². The van der Waals surface area contributed by atoms with Crippen molar-refractivity contribution in [1.82, 2.24) is 15.0 Å². The van der Waals surface area contributed by atoms with Crippen molar-refractivity contribution in [3.05, 3.63) is 90.1 Å². The van der Waals surface area contributed by atoms with Crippen LogP contribution in [0.3, 0.4) is 0 Å². The second kappa shape index (κ2) is 7.40. The van der Waals surface area contributed by atoms with Gasteiger partial charge in [-0.15, -0.1) is 10.2 Å². The smallest absolute Gasteiger partial charge is 0.232 e. The number of nitrogens with one attached hydrogen (secondary N) is 1. The summed E-state index contributed by atoms with van der Waals surface area (Å²) >= 11 is 0. The van der Waals surface area contributed by atoms with Crippen LogP contribution >= 0.6 is 0 Å². The van der Waals surface area contributed by atoms with Crippen molar-refractivity contribution in [1.29, 1.82) is 0 Å². The Morgan fingerprint density at radius 3 is 2.29 bits per heavy atom. The number of hydrogen-bond acceptors (Lipinski definition) is 4. The predicted octanol–water partition coefficient (Wildman–Crippen LogP) is 4.80. The van der Waals surface area contributed by atoms with E-state index < -0.39 is 0 Å². The van der Waals surface area contributed by atoms with Gasteiger partial charge in [-0.3, -0.25) is 9.69 Å². The van der Waals surface area contributed by atoms with Gasteiger partial charge < -0.3 is 5.32 Å². The molecule has 31 heavy (non-hydrogen) atoms. The SMILES string of the molecule is C=C1C(c2cc(C)cc(-n3nc4ccccc4n3)c2)CC(=O)N1c1ccc(NC)cc1. The fraction of sp³-hybridized carbons (Fsp3) is 0.160. The third-order valence-electron chi connectivity index (χ3n) is 5.74. The lowest BCUT2D eigenvalue weighted by molar-refractivity contribution is -0.117. The molecular weight excluding hydrogens is 386 g/mol. The Bertz CT molecular complexity index is 1270. The number of benzene rings is 3. The van der Waals surface area contributed by atoms with E-state index in [1.54, 1.807) is 9.70 Å². The quantitative estimate of drug-likeness (QED) is 0.526. The van der Waals surface area contributed by atoms with E-state index in [0.29, 0.717) is 6.42 Å². The molecule has 1 amide bonds. The van der Waals surface area contributed by atoms with Crippen molar-refractivity contribution in [3.8, 4) is 5.69 Å². The van der Waals surface area contributed by atoms with Crippen LogP contribution < -0.4 is 10.2 Å². The summed E-state index contributed by atoms with van der Waals surface area (Å²) in [5.74, 6) is -0.0293. The summed E-state index contributed by atoms with van der Waals surface area (Å²) in [4.78, 5) is 16.3. The van der Waals surface area contributed by atoms with Gasteiger partial charge in [0.1, 0.15) is 11.0 Å². The Hall–Kier alpha value is -3.93. The Labute approximate surface area is 180 Å². The van der Waals surface area contributed by atoms with E-state index in [-0.39, 0.29) is 11.8 Å². The zero-order chi connectivity index (χ0) is 21.5. The highest BCUT2D eigenvalue weighted by molar-refractivity contribution is 6.01. The first kappa shape index (κ1) is 19.1. The Morgan fingerprint density at radius 1 is 0.968 bits per heavy atom. The number of aromatic nitrogens is 3. The van der Waals surface area contributed by atoms with Crippen molar-refractivity contribution in [2.45, 2.75) is 19.3 Å². The summed E-state index contributed by atoms with van der Waals surface area (Å²) in [7, 11) is 1.87. The maximum atomic E-state index is 12.9. The summed E-state index contributed by atoms with van der Waals surface area (Å²) in [6.07, 6.45) is 0.393. The number of amides is 1. The van der Waals surface area contributed by atoms with Gasteiger partial charge in [0, 0.05) is 36.5 Å². The highest BCUT2D eigenvalue weighted by atomic mass is 16.2. The van der Waals surface area contributed by atoms with Gasteiger partial charge in [-0.25, -0.2) is 0 Å². The first-order valence-corrected chi connectivity index (χ1v) is 10.3. The molecule has 154 valence electrons.